The Morgan fingerprint density at radius 3 is 2.63 bits per heavy atom. The van der Waals surface area contributed by atoms with Crippen LogP contribution >= 0.6 is 11.6 Å². The van der Waals surface area contributed by atoms with Crippen molar-refractivity contribution in [2.45, 2.75) is 13.5 Å². The minimum absolute atomic E-state index is 0.247. The van der Waals surface area contributed by atoms with Gasteiger partial charge >= 0.3 is 0 Å². The van der Waals surface area contributed by atoms with Gasteiger partial charge < -0.3 is 10.1 Å². The fourth-order valence-electron chi connectivity index (χ4n) is 3.26. The molecule has 2 aromatic heterocycles. The lowest BCUT2D eigenvalue weighted by Gasteiger charge is -2.10. The summed E-state index contributed by atoms with van der Waals surface area (Å²) < 4.78 is 20.3. The van der Waals surface area contributed by atoms with Gasteiger partial charge in [0, 0.05) is 13.3 Å². The van der Waals surface area contributed by atoms with E-state index in [1.807, 2.05) is 0 Å². The third-order valence-electron chi connectivity index (χ3n) is 4.74. The van der Waals surface area contributed by atoms with E-state index in [9.17, 15) is 9.18 Å². The molecule has 2 aromatic carbocycles. The molecule has 0 saturated carbocycles. The Morgan fingerprint density at radius 2 is 1.93 bits per heavy atom. The number of rotatable bonds is 5. The molecule has 2 heterocycles. The van der Waals surface area contributed by atoms with Crippen LogP contribution in [-0.4, -0.2) is 27.6 Å². The number of anilines is 1. The van der Waals surface area contributed by atoms with Gasteiger partial charge in [0.2, 0.25) is 0 Å². The summed E-state index contributed by atoms with van der Waals surface area (Å²) in [6.45, 7) is 2.03. The third kappa shape index (κ3) is 3.65. The molecule has 0 radical (unpaired) electrons. The number of nitrogens with one attached hydrogen (secondary N) is 1. The molecular formula is C22H18ClFN4O2. The summed E-state index contributed by atoms with van der Waals surface area (Å²) in [4.78, 5) is 17.3. The highest BCUT2D eigenvalue weighted by atomic mass is 35.5. The van der Waals surface area contributed by atoms with E-state index in [4.69, 9.17) is 16.3 Å². The number of hydrogen-bond donors (Lipinski definition) is 1. The zero-order valence-corrected chi connectivity index (χ0v) is 17.1. The van der Waals surface area contributed by atoms with Crippen LogP contribution in [-0.2, 0) is 11.3 Å². The van der Waals surface area contributed by atoms with Gasteiger partial charge in [-0.15, -0.1) is 0 Å². The van der Waals surface area contributed by atoms with E-state index in [-0.39, 0.29) is 18.3 Å². The van der Waals surface area contributed by atoms with Gasteiger partial charge in [0.25, 0.3) is 5.91 Å². The number of halogens is 2. The molecule has 6 nitrogen and oxygen atoms in total. The van der Waals surface area contributed by atoms with Crippen molar-refractivity contribution >= 4 is 28.8 Å². The van der Waals surface area contributed by atoms with Crippen molar-refractivity contribution in [3.05, 3.63) is 82.5 Å². The Balaban J connectivity index is 1.80. The average Bonchev–Trinajstić information content (AvgIpc) is 3.10. The molecule has 1 amide bonds. The van der Waals surface area contributed by atoms with E-state index < -0.39 is 0 Å². The Kier molecular flexibility index (Phi) is 5.48. The first-order valence-electron chi connectivity index (χ1n) is 9.17. The Hall–Kier alpha value is -3.29. The molecular weight excluding hydrogens is 407 g/mol. The number of carbonyl (C=O) groups excluding carboxylic acids is 1. The van der Waals surface area contributed by atoms with Crippen molar-refractivity contribution in [3.63, 3.8) is 0 Å². The van der Waals surface area contributed by atoms with Crippen LogP contribution in [0.3, 0.4) is 0 Å². The highest BCUT2D eigenvalue weighted by Crippen LogP contribution is 2.30. The van der Waals surface area contributed by atoms with Gasteiger partial charge in [-0.05, 0) is 36.8 Å². The highest BCUT2D eigenvalue weighted by molar-refractivity contribution is 6.33. The summed E-state index contributed by atoms with van der Waals surface area (Å²) in [6, 6.07) is 13.1. The second-order valence-corrected chi connectivity index (χ2v) is 7.10. The van der Waals surface area contributed by atoms with Gasteiger partial charge in [-0.1, -0.05) is 35.9 Å². The zero-order valence-electron chi connectivity index (χ0n) is 16.3. The summed E-state index contributed by atoms with van der Waals surface area (Å²) in [5, 5.41) is 7.84. The van der Waals surface area contributed by atoms with Crippen LogP contribution in [0, 0.1) is 12.7 Å². The fraction of sp³-hybridized carbons (Fsp3) is 0.136. The highest BCUT2D eigenvalue weighted by Gasteiger charge is 2.21. The third-order valence-corrected chi connectivity index (χ3v) is 5.07. The summed E-state index contributed by atoms with van der Waals surface area (Å²) in [6.07, 6.45) is 1.50. The lowest BCUT2D eigenvalue weighted by Crippen LogP contribution is -2.16. The fourth-order valence-corrected chi connectivity index (χ4v) is 3.45. The normalized spacial score (nSPS) is 11.1. The summed E-state index contributed by atoms with van der Waals surface area (Å²) in [5.74, 6) is -0.673. The molecule has 0 atom stereocenters. The second-order valence-electron chi connectivity index (χ2n) is 6.69. The molecule has 0 spiro atoms. The van der Waals surface area contributed by atoms with Crippen molar-refractivity contribution in [1.82, 2.24) is 14.6 Å². The number of amides is 1. The van der Waals surface area contributed by atoms with Gasteiger partial charge in [0.05, 0.1) is 39.8 Å². The maximum Gasteiger partial charge on any atom is 0.259 e. The smallest absolute Gasteiger partial charge is 0.259 e. The molecule has 0 aliphatic heterocycles. The number of ether oxygens (including phenoxy) is 1. The second kappa shape index (κ2) is 8.22. The lowest BCUT2D eigenvalue weighted by atomic mass is 10.1. The number of nitrogens with zero attached hydrogens (tertiary/aromatic N) is 3. The maximum absolute atomic E-state index is 13.4. The van der Waals surface area contributed by atoms with Gasteiger partial charge in [-0.25, -0.2) is 13.9 Å². The van der Waals surface area contributed by atoms with E-state index in [1.54, 1.807) is 54.9 Å². The van der Waals surface area contributed by atoms with Crippen LogP contribution in [0.1, 0.15) is 21.7 Å². The van der Waals surface area contributed by atoms with Crippen LogP contribution in [0.2, 0.25) is 5.02 Å². The lowest BCUT2D eigenvalue weighted by molar-refractivity contribution is 0.102. The molecule has 0 unspecified atom stereocenters. The quantitative estimate of drug-likeness (QED) is 0.495. The van der Waals surface area contributed by atoms with Gasteiger partial charge in [0.15, 0.2) is 5.65 Å². The first-order chi connectivity index (χ1) is 14.5. The SMILES string of the molecule is COCc1nn2c(C)c(C(=O)Nc3ccccc3Cl)cnc2c1-c1ccc(F)cc1. The topological polar surface area (TPSA) is 68.5 Å². The number of carbonyl (C=O) groups is 1. The van der Waals surface area contributed by atoms with E-state index in [2.05, 4.69) is 15.4 Å². The van der Waals surface area contributed by atoms with Crippen LogP contribution < -0.4 is 5.32 Å². The zero-order chi connectivity index (χ0) is 21.3. The van der Waals surface area contributed by atoms with Crippen molar-refractivity contribution in [2.75, 3.05) is 12.4 Å². The van der Waals surface area contributed by atoms with Crippen molar-refractivity contribution in [1.29, 1.82) is 0 Å². The van der Waals surface area contributed by atoms with Crippen LogP contribution in [0.5, 0.6) is 0 Å². The largest absolute Gasteiger partial charge is 0.378 e. The average molecular weight is 425 g/mol. The van der Waals surface area contributed by atoms with Gasteiger partial charge in [0.1, 0.15) is 5.82 Å². The van der Waals surface area contributed by atoms with Crippen LogP contribution in [0.15, 0.2) is 54.7 Å². The molecule has 30 heavy (non-hydrogen) atoms. The number of methoxy groups -OCH3 is 1. The molecule has 8 heteroatoms. The Bertz CT molecular complexity index is 1240. The molecule has 4 rings (SSSR count). The van der Waals surface area contributed by atoms with Gasteiger partial charge in [-0.3, -0.25) is 4.79 Å². The summed E-state index contributed by atoms with van der Waals surface area (Å²) in [7, 11) is 1.57. The van der Waals surface area contributed by atoms with Crippen molar-refractivity contribution < 1.29 is 13.9 Å². The molecule has 1 N–H and O–H groups in total. The number of fused-ring (bicyclic) bond motifs is 1. The Labute approximate surface area is 177 Å². The number of para-hydroxylation sites is 1. The predicted molar refractivity (Wildman–Crippen MR) is 113 cm³/mol. The first kappa shape index (κ1) is 20.0. The molecule has 0 saturated heterocycles. The Morgan fingerprint density at radius 1 is 1.20 bits per heavy atom. The molecule has 0 aliphatic carbocycles. The number of hydrogen-bond acceptors (Lipinski definition) is 4. The van der Waals surface area contributed by atoms with E-state index in [0.29, 0.717) is 33.3 Å². The first-order valence-corrected chi connectivity index (χ1v) is 9.55. The van der Waals surface area contributed by atoms with Crippen molar-refractivity contribution in [3.8, 4) is 11.1 Å². The molecule has 0 aliphatic rings. The minimum Gasteiger partial charge on any atom is -0.378 e. The van der Waals surface area contributed by atoms with E-state index in [1.165, 1.54) is 18.3 Å². The minimum atomic E-state index is -0.345. The number of benzene rings is 2. The summed E-state index contributed by atoms with van der Waals surface area (Å²) in [5.41, 5.74) is 4.17. The van der Waals surface area contributed by atoms with Gasteiger partial charge in [-0.2, -0.15) is 5.10 Å². The van der Waals surface area contributed by atoms with Crippen molar-refractivity contribution in [2.24, 2.45) is 0 Å². The molecule has 4 aromatic rings. The molecule has 0 bridgehead atoms. The maximum atomic E-state index is 13.4. The summed E-state index contributed by atoms with van der Waals surface area (Å²) >= 11 is 6.14. The standard InChI is InChI=1S/C22H18ClFN4O2/c1-13-16(22(29)26-18-6-4-3-5-17(18)23)11-25-21-20(14-7-9-15(24)10-8-14)19(12-30-2)27-28(13)21/h3-11H,12H2,1-2H3,(H,26,29). The number of aromatic nitrogens is 3. The molecule has 152 valence electrons. The predicted octanol–water partition coefficient (Wildman–Crippen LogP) is 4.90. The monoisotopic (exact) mass is 424 g/mol. The van der Waals surface area contributed by atoms with Crippen LogP contribution in [0.25, 0.3) is 16.8 Å². The number of aryl methyl sites for hydroxylation is 1. The molecule has 0 fully saturated rings. The van der Waals surface area contributed by atoms with E-state index >= 15 is 0 Å². The van der Waals surface area contributed by atoms with Crippen LogP contribution in [0.4, 0.5) is 10.1 Å². The van der Waals surface area contributed by atoms with E-state index in [0.717, 1.165) is 11.1 Å².